The van der Waals surface area contributed by atoms with Crippen LogP contribution in [0.3, 0.4) is 0 Å². The van der Waals surface area contributed by atoms with Gasteiger partial charge in [0, 0.05) is 18.5 Å². The molecule has 1 aromatic carbocycles. The van der Waals surface area contributed by atoms with Crippen LogP contribution in [0.25, 0.3) is 11.1 Å². The Morgan fingerprint density at radius 2 is 1.76 bits per heavy atom. The van der Waals surface area contributed by atoms with Crippen LogP contribution in [0.15, 0.2) is 64.4 Å². The molecule has 3 N–H and O–H groups in total. The van der Waals surface area contributed by atoms with Crippen molar-refractivity contribution in [3.05, 3.63) is 87.0 Å². The summed E-state index contributed by atoms with van der Waals surface area (Å²) in [6.07, 6.45) is -8.51. The third kappa shape index (κ3) is 4.40. The molecule has 3 heterocycles. The van der Waals surface area contributed by atoms with E-state index in [0.29, 0.717) is 6.20 Å². The molecule has 12 heteroatoms. The lowest BCUT2D eigenvalue weighted by Crippen LogP contribution is -2.43. The van der Waals surface area contributed by atoms with Gasteiger partial charge in [-0.1, -0.05) is 30.3 Å². The molecule has 0 spiro atoms. The first-order valence-corrected chi connectivity index (χ1v) is 10.2. The van der Waals surface area contributed by atoms with E-state index in [9.17, 15) is 38.1 Å². The van der Waals surface area contributed by atoms with Crippen molar-refractivity contribution in [2.24, 2.45) is 0 Å². The lowest BCUT2D eigenvalue weighted by molar-refractivity contribution is -0.137. The Balaban J connectivity index is 1.75. The molecule has 4 atom stereocenters. The number of ether oxygens (including phenoxy) is 1. The highest BCUT2D eigenvalue weighted by Crippen LogP contribution is 2.37. The fourth-order valence-electron chi connectivity index (χ4n) is 3.81. The van der Waals surface area contributed by atoms with Gasteiger partial charge in [0.25, 0.3) is 5.56 Å². The molecule has 1 aliphatic heterocycles. The number of hydrogen-bond donors (Lipinski definition) is 3. The summed E-state index contributed by atoms with van der Waals surface area (Å²) in [5.74, 6) is 0. The number of aromatic nitrogens is 3. The second-order valence-corrected chi connectivity index (χ2v) is 7.74. The summed E-state index contributed by atoms with van der Waals surface area (Å²) in [6, 6.07) is 9.98. The van der Waals surface area contributed by atoms with E-state index in [4.69, 9.17) is 4.74 Å². The Labute approximate surface area is 189 Å². The van der Waals surface area contributed by atoms with Crippen LogP contribution in [0.1, 0.15) is 17.5 Å². The zero-order valence-corrected chi connectivity index (χ0v) is 17.5. The Bertz CT molecular complexity index is 1290. The van der Waals surface area contributed by atoms with Crippen molar-refractivity contribution < 1.29 is 33.2 Å². The largest absolute Gasteiger partial charge is 0.418 e. The van der Waals surface area contributed by atoms with Gasteiger partial charge in [0.15, 0.2) is 6.23 Å². The molecule has 9 nitrogen and oxygen atoms in total. The summed E-state index contributed by atoms with van der Waals surface area (Å²) in [7, 11) is 0. The number of rotatable bonds is 5. The van der Waals surface area contributed by atoms with Crippen molar-refractivity contribution in [2.75, 3.05) is 6.61 Å². The monoisotopic (exact) mass is 479 g/mol. The predicted molar refractivity (Wildman–Crippen MR) is 112 cm³/mol. The van der Waals surface area contributed by atoms with E-state index in [1.807, 2.05) is 0 Å². The summed E-state index contributed by atoms with van der Waals surface area (Å²) in [4.78, 5) is 29.2. The first-order chi connectivity index (χ1) is 16.1. The number of halogens is 3. The standard InChI is InChI=1S/C22H20F3N3O6/c23-22(24,25)15-9-26-13(8-14(15)12-4-2-1-3-5-12)10-28-17(30)6-7-27(21(28)33)20-19(32)18(31)16(11-29)34-20/h1-9,16,18-20,29,31-32H,10-11H2/t16-,18?,19?,20-/m1/s1. The topological polar surface area (TPSA) is 127 Å². The molecule has 3 aromatic rings. The zero-order valence-electron chi connectivity index (χ0n) is 17.5. The number of aliphatic hydroxyl groups is 3. The second-order valence-electron chi connectivity index (χ2n) is 7.74. The molecule has 0 saturated carbocycles. The van der Waals surface area contributed by atoms with E-state index < -0.39 is 60.7 Å². The third-order valence-corrected chi connectivity index (χ3v) is 5.56. The average molecular weight is 479 g/mol. The summed E-state index contributed by atoms with van der Waals surface area (Å²) >= 11 is 0. The van der Waals surface area contributed by atoms with Gasteiger partial charge in [0.1, 0.15) is 18.3 Å². The van der Waals surface area contributed by atoms with Crippen LogP contribution in [0.5, 0.6) is 0 Å². The van der Waals surface area contributed by atoms with E-state index in [2.05, 4.69) is 4.98 Å². The number of hydrogen-bond acceptors (Lipinski definition) is 7. The molecule has 4 rings (SSSR count). The molecule has 1 fully saturated rings. The van der Waals surface area contributed by atoms with E-state index in [1.165, 1.54) is 12.1 Å². The molecular weight excluding hydrogens is 459 g/mol. The summed E-state index contributed by atoms with van der Waals surface area (Å²) in [5, 5.41) is 29.4. The van der Waals surface area contributed by atoms with Crippen LogP contribution >= 0.6 is 0 Å². The predicted octanol–water partition coefficient (Wildman–Crippen LogP) is 0.751. The molecule has 2 unspecified atom stereocenters. The molecule has 0 bridgehead atoms. The smallest absolute Gasteiger partial charge is 0.394 e. The minimum Gasteiger partial charge on any atom is -0.394 e. The molecule has 2 aromatic heterocycles. The SMILES string of the molecule is O=c1ccn([C@@H]2O[C@H](CO)C(O)C2O)c(=O)n1Cc1cc(-c2ccccc2)c(C(F)(F)F)cn1. The highest BCUT2D eigenvalue weighted by atomic mass is 19.4. The number of pyridine rings is 1. The van der Waals surface area contributed by atoms with E-state index in [0.717, 1.165) is 27.5 Å². The number of aliphatic hydroxyl groups excluding tert-OH is 3. The normalized spacial score (nSPS) is 22.8. The highest BCUT2D eigenvalue weighted by molar-refractivity contribution is 5.68. The first-order valence-electron chi connectivity index (χ1n) is 10.2. The molecule has 0 radical (unpaired) electrons. The number of nitrogens with zero attached hydrogens (tertiary/aromatic N) is 3. The number of benzene rings is 1. The average Bonchev–Trinajstić information content (AvgIpc) is 3.10. The van der Waals surface area contributed by atoms with Crippen LogP contribution in [-0.2, 0) is 17.5 Å². The van der Waals surface area contributed by atoms with Gasteiger partial charge >= 0.3 is 11.9 Å². The number of alkyl halides is 3. The lowest BCUT2D eigenvalue weighted by Gasteiger charge is -2.19. The fraction of sp³-hybridized carbons (Fsp3) is 0.318. The second kappa shape index (κ2) is 9.14. The molecule has 34 heavy (non-hydrogen) atoms. The summed E-state index contributed by atoms with van der Waals surface area (Å²) < 4.78 is 47.6. The maximum atomic E-state index is 13.6. The van der Waals surface area contributed by atoms with Gasteiger partial charge in [-0.3, -0.25) is 18.9 Å². The van der Waals surface area contributed by atoms with E-state index in [1.54, 1.807) is 18.2 Å². The lowest BCUT2D eigenvalue weighted by atomic mass is 10.0. The van der Waals surface area contributed by atoms with Crippen LogP contribution in [0.2, 0.25) is 0 Å². The molecule has 1 saturated heterocycles. The molecule has 0 amide bonds. The fourth-order valence-corrected chi connectivity index (χ4v) is 3.81. The van der Waals surface area contributed by atoms with Crippen LogP contribution in [-0.4, -0.2) is 54.4 Å². The summed E-state index contributed by atoms with van der Waals surface area (Å²) in [6.45, 7) is -1.06. The summed E-state index contributed by atoms with van der Waals surface area (Å²) in [5.41, 5.74) is -2.52. The minimum absolute atomic E-state index is 0.0185. The maximum absolute atomic E-state index is 13.6. The van der Waals surface area contributed by atoms with Crippen molar-refractivity contribution in [1.82, 2.24) is 14.1 Å². The van der Waals surface area contributed by atoms with Crippen molar-refractivity contribution in [3.8, 4) is 11.1 Å². The Morgan fingerprint density at radius 1 is 1.06 bits per heavy atom. The van der Waals surface area contributed by atoms with Gasteiger partial charge in [-0.15, -0.1) is 0 Å². The zero-order chi connectivity index (χ0) is 24.6. The first kappa shape index (κ1) is 23.8. The minimum atomic E-state index is -4.67. The third-order valence-electron chi connectivity index (χ3n) is 5.56. The molecular formula is C22H20F3N3O6. The van der Waals surface area contributed by atoms with Gasteiger partial charge in [-0.2, -0.15) is 13.2 Å². The van der Waals surface area contributed by atoms with Crippen LogP contribution in [0.4, 0.5) is 13.2 Å². The van der Waals surface area contributed by atoms with E-state index >= 15 is 0 Å². The van der Waals surface area contributed by atoms with Crippen molar-refractivity contribution >= 4 is 0 Å². The van der Waals surface area contributed by atoms with Gasteiger partial charge < -0.3 is 20.1 Å². The van der Waals surface area contributed by atoms with Gasteiger partial charge in [-0.25, -0.2) is 4.79 Å². The highest BCUT2D eigenvalue weighted by Gasteiger charge is 2.44. The molecule has 180 valence electrons. The van der Waals surface area contributed by atoms with Gasteiger partial charge in [0.05, 0.1) is 24.4 Å². The van der Waals surface area contributed by atoms with Gasteiger partial charge in [0.2, 0.25) is 0 Å². The molecule has 0 aliphatic carbocycles. The maximum Gasteiger partial charge on any atom is 0.418 e. The van der Waals surface area contributed by atoms with Gasteiger partial charge in [-0.05, 0) is 17.2 Å². The Hall–Kier alpha value is -3.32. The van der Waals surface area contributed by atoms with Crippen LogP contribution in [0, 0.1) is 0 Å². The van der Waals surface area contributed by atoms with Crippen molar-refractivity contribution in [3.63, 3.8) is 0 Å². The molecule has 1 aliphatic rings. The quantitative estimate of drug-likeness (QED) is 0.493. The van der Waals surface area contributed by atoms with Crippen molar-refractivity contribution in [2.45, 2.75) is 37.3 Å². The van der Waals surface area contributed by atoms with Crippen molar-refractivity contribution in [1.29, 1.82) is 0 Å². The van der Waals surface area contributed by atoms with Crippen LogP contribution < -0.4 is 11.2 Å². The Morgan fingerprint density at radius 3 is 2.38 bits per heavy atom. The Kier molecular flexibility index (Phi) is 6.41. The van der Waals surface area contributed by atoms with E-state index in [-0.39, 0.29) is 16.8 Å².